The average molecular weight is 1190 g/mol. The van der Waals surface area contributed by atoms with Crippen LogP contribution in [0.25, 0.3) is 10.2 Å². The Morgan fingerprint density at radius 3 is 1.53 bits per heavy atom. The van der Waals surface area contributed by atoms with E-state index in [2.05, 4.69) is 13.2 Å². The van der Waals surface area contributed by atoms with Gasteiger partial charge in [0, 0.05) is 23.6 Å². The number of hydrazone groups is 1. The van der Waals surface area contributed by atoms with Crippen LogP contribution >= 0.6 is 11.3 Å². The van der Waals surface area contributed by atoms with Gasteiger partial charge in [-0.25, -0.2) is 19.6 Å². The van der Waals surface area contributed by atoms with Crippen LogP contribution in [0, 0.1) is 30.6 Å². The van der Waals surface area contributed by atoms with Gasteiger partial charge in [-0.3, -0.25) is 14.4 Å². The fourth-order valence-electron chi connectivity index (χ4n) is 10.2. The number of ether oxygens (including phenoxy) is 8. The van der Waals surface area contributed by atoms with Gasteiger partial charge in [0.25, 0.3) is 0 Å². The number of carbonyl (C=O) groups excluding carboxylic acids is 5. The zero-order chi connectivity index (χ0) is 60.5. The highest BCUT2D eigenvalue weighted by atomic mass is 32.1. The highest BCUT2D eigenvalue weighted by molar-refractivity contribution is 7.22. The molecule has 2 saturated carbocycles. The maximum absolute atomic E-state index is 14.1. The van der Waals surface area contributed by atoms with Gasteiger partial charge in [-0.05, 0) is 214 Å². The van der Waals surface area contributed by atoms with Gasteiger partial charge in [0.15, 0.2) is 0 Å². The number of para-hydroxylation sites is 1. The summed E-state index contributed by atoms with van der Waals surface area (Å²) in [5.41, 5.74) is 3.10. The van der Waals surface area contributed by atoms with E-state index in [4.69, 9.17) is 48.0 Å². The number of aryl methyl sites for hydroxylation is 1. The number of hydrogen-bond donors (Lipinski definition) is 0. The molecule has 8 rings (SSSR count). The minimum Gasteiger partial charge on any atom is -0.494 e. The van der Waals surface area contributed by atoms with E-state index in [0.29, 0.717) is 92.9 Å². The lowest BCUT2D eigenvalue weighted by Crippen LogP contribution is -2.30. The topological polar surface area (TPSA) is 188 Å². The fourth-order valence-corrected chi connectivity index (χ4v) is 11.2. The Morgan fingerprint density at radius 2 is 1.01 bits per heavy atom. The summed E-state index contributed by atoms with van der Waals surface area (Å²) in [5, 5.41) is 7.35. The number of carbonyl (C=O) groups is 5. The van der Waals surface area contributed by atoms with E-state index < -0.39 is 23.8 Å². The second-order valence-electron chi connectivity index (χ2n) is 21.4. The van der Waals surface area contributed by atoms with Crippen molar-refractivity contribution in [3.05, 3.63) is 164 Å². The molecule has 0 amide bonds. The minimum atomic E-state index is -0.443. The standard InChI is InChI=1S/C69H77N3O13S/c1-5-61(82-57-36-32-55(33-37-57)78-42-14-8-10-16-44-80-64(73)6-2)49-22-24-52(25-23-49)68(77)85-62-41-40-59(46-53(62)47-70-72(54-30-20-48(4)21-31-54)69-71-60-18-12-13-19-63(60)86-69)84-67(76)51-28-26-50(27-29-51)66(75)83-58-38-34-56(35-39-58)79-43-15-9-11-17-45-81-65(74)7-3/h5-7,12-13,18-21,30-41,46-47,49-52H,2-3,8-11,14-17,22-29,42-45H2,1,4H3/b61-5?,70-47+. The predicted molar refractivity (Wildman–Crippen MR) is 332 cm³/mol. The number of aromatic nitrogens is 1. The zero-order valence-corrected chi connectivity index (χ0v) is 50.0. The van der Waals surface area contributed by atoms with Crippen molar-refractivity contribution in [1.29, 1.82) is 0 Å². The molecule has 2 fully saturated rings. The van der Waals surface area contributed by atoms with Crippen LogP contribution in [0.2, 0.25) is 0 Å². The Hall–Kier alpha value is -8.57. The molecule has 0 aliphatic heterocycles. The van der Waals surface area contributed by atoms with Gasteiger partial charge >= 0.3 is 29.8 Å². The molecule has 0 N–H and O–H groups in total. The summed E-state index contributed by atoms with van der Waals surface area (Å²) < 4.78 is 47.3. The number of unbranched alkanes of at least 4 members (excludes halogenated alkanes) is 6. The molecule has 0 saturated heterocycles. The SMILES string of the molecule is C=CC(=O)OCCCCCCOc1ccc(OC(=O)C2CCC(C(=O)Oc3ccc(OC(=O)C4CCC(C(=CC)Oc5ccc(OCCCCCCOC(=O)C=C)cc5)CC4)c(/C=N/N(c4ccc(C)cc4)c4nc5ccccc5s4)c3)CC2)cc1. The van der Waals surface area contributed by atoms with Crippen molar-refractivity contribution in [2.75, 3.05) is 31.4 Å². The molecule has 0 bridgehead atoms. The first-order chi connectivity index (χ1) is 41.9. The van der Waals surface area contributed by atoms with Gasteiger partial charge in [-0.1, -0.05) is 54.3 Å². The van der Waals surface area contributed by atoms with Crippen molar-refractivity contribution in [3.63, 3.8) is 0 Å². The van der Waals surface area contributed by atoms with Crippen molar-refractivity contribution in [2.45, 2.75) is 117 Å². The summed E-state index contributed by atoms with van der Waals surface area (Å²) in [6, 6.07) is 35.3. The fraction of sp³-hybridized carbons (Fsp3) is 0.377. The molecule has 2 aliphatic rings. The second-order valence-corrected chi connectivity index (χ2v) is 22.4. The number of benzene rings is 5. The van der Waals surface area contributed by atoms with Gasteiger partial charge in [0.05, 0.1) is 66.3 Å². The molecule has 5 aromatic carbocycles. The molecule has 1 aromatic heterocycles. The van der Waals surface area contributed by atoms with E-state index in [9.17, 15) is 24.0 Å². The van der Waals surface area contributed by atoms with Crippen LogP contribution in [0.3, 0.4) is 0 Å². The summed E-state index contributed by atoms with van der Waals surface area (Å²) in [7, 11) is 0. The van der Waals surface area contributed by atoms with Crippen molar-refractivity contribution >= 4 is 68.4 Å². The molecule has 6 aromatic rings. The maximum atomic E-state index is 14.1. The van der Waals surface area contributed by atoms with Crippen LogP contribution in [0.1, 0.15) is 121 Å². The van der Waals surface area contributed by atoms with E-state index in [1.165, 1.54) is 17.4 Å². The van der Waals surface area contributed by atoms with E-state index >= 15 is 0 Å². The number of rotatable bonds is 31. The molecule has 16 nitrogen and oxygen atoms in total. The van der Waals surface area contributed by atoms with Crippen molar-refractivity contribution in [3.8, 4) is 34.5 Å². The van der Waals surface area contributed by atoms with E-state index in [1.54, 1.807) is 53.7 Å². The second kappa shape index (κ2) is 33.2. The molecule has 1 heterocycles. The summed E-state index contributed by atoms with van der Waals surface area (Å²) in [5.74, 6) is 0.912. The Balaban J connectivity index is 0.857. The lowest BCUT2D eigenvalue weighted by atomic mass is 9.81. The van der Waals surface area contributed by atoms with Crippen molar-refractivity contribution in [1.82, 2.24) is 4.98 Å². The van der Waals surface area contributed by atoms with Crippen LogP contribution in [-0.4, -0.2) is 67.5 Å². The van der Waals surface area contributed by atoms with Crippen LogP contribution in [0.15, 0.2) is 158 Å². The van der Waals surface area contributed by atoms with E-state index in [1.807, 2.05) is 92.7 Å². The Bertz CT molecular complexity index is 3230. The van der Waals surface area contributed by atoms with Crippen LogP contribution < -0.4 is 33.4 Å². The number of nitrogens with zero attached hydrogens (tertiary/aromatic N) is 3. The predicted octanol–water partition coefficient (Wildman–Crippen LogP) is 15.1. The largest absolute Gasteiger partial charge is 0.494 e. The lowest BCUT2D eigenvalue weighted by Gasteiger charge is -2.29. The number of allylic oxidation sites excluding steroid dienone is 2. The Morgan fingerprint density at radius 1 is 0.547 bits per heavy atom. The number of anilines is 2. The quantitative estimate of drug-likeness (QED) is 0.00760. The molecule has 452 valence electrons. The minimum absolute atomic E-state index is 0.115. The smallest absolute Gasteiger partial charge is 0.330 e. The molecule has 86 heavy (non-hydrogen) atoms. The third kappa shape index (κ3) is 19.5. The van der Waals surface area contributed by atoms with Gasteiger partial charge in [-0.2, -0.15) is 5.10 Å². The average Bonchev–Trinajstić information content (AvgIpc) is 3.96. The number of esters is 5. The monoisotopic (exact) mass is 1190 g/mol. The molecular formula is C69H77N3O13S. The third-order valence-electron chi connectivity index (χ3n) is 15.1. The van der Waals surface area contributed by atoms with Crippen LogP contribution in [-0.2, 0) is 33.4 Å². The van der Waals surface area contributed by atoms with E-state index in [0.717, 1.165) is 103 Å². The first-order valence-corrected chi connectivity index (χ1v) is 30.7. The molecule has 2 aliphatic carbocycles. The summed E-state index contributed by atoms with van der Waals surface area (Å²) in [6.45, 7) is 12.7. The number of fused-ring (bicyclic) bond motifs is 1. The highest BCUT2D eigenvalue weighted by Crippen LogP contribution is 2.38. The number of hydrogen-bond acceptors (Lipinski definition) is 17. The van der Waals surface area contributed by atoms with Crippen LogP contribution in [0.4, 0.5) is 10.8 Å². The van der Waals surface area contributed by atoms with Crippen molar-refractivity contribution < 1.29 is 61.9 Å². The summed E-state index contributed by atoms with van der Waals surface area (Å²) in [4.78, 5) is 68.6. The van der Waals surface area contributed by atoms with Gasteiger partial charge in [0.1, 0.15) is 40.3 Å². The molecular weight excluding hydrogens is 1110 g/mol. The molecule has 0 unspecified atom stereocenters. The third-order valence-corrected chi connectivity index (χ3v) is 16.2. The molecule has 0 atom stereocenters. The van der Waals surface area contributed by atoms with Gasteiger partial charge in [0.2, 0.25) is 5.13 Å². The lowest BCUT2D eigenvalue weighted by molar-refractivity contribution is -0.145. The number of thiazole rings is 1. The first kappa shape index (κ1) is 63.5. The Kier molecular flexibility index (Phi) is 24.5. The normalized spacial score (nSPS) is 16.8. The van der Waals surface area contributed by atoms with Crippen LogP contribution in [0.5, 0.6) is 34.5 Å². The first-order valence-electron chi connectivity index (χ1n) is 29.9. The highest BCUT2D eigenvalue weighted by Gasteiger charge is 2.34. The Labute approximate surface area is 507 Å². The van der Waals surface area contributed by atoms with Gasteiger partial charge in [-0.15, -0.1) is 0 Å². The maximum Gasteiger partial charge on any atom is 0.330 e. The molecule has 0 radical (unpaired) electrons. The zero-order valence-electron chi connectivity index (χ0n) is 49.2. The van der Waals surface area contributed by atoms with E-state index in [-0.39, 0.29) is 41.2 Å². The van der Waals surface area contributed by atoms with Gasteiger partial charge < -0.3 is 37.9 Å². The summed E-state index contributed by atoms with van der Waals surface area (Å²) >= 11 is 1.49. The molecule has 0 spiro atoms. The van der Waals surface area contributed by atoms with Crippen molar-refractivity contribution in [2.24, 2.45) is 28.8 Å². The molecule has 17 heteroatoms. The summed E-state index contributed by atoms with van der Waals surface area (Å²) in [6.07, 6.45) is 17.5.